The van der Waals surface area contributed by atoms with Gasteiger partial charge in [-0.2, -0.15) is 0 Å². The molecule has 0 fully saturated rings. The zero-order chi connectivity index (χ0) is 15.0. The molecule has 0 amide bonds. The number of benzene rings is 1. The number of unbranched alkanes of at least 4 members (excludes halogenated alkanes) is 1. The molecule has 0 spiro atoms. The molecular formula is C19H33N. The maximum Gasteiger partial charge on any atom is 0.0351 e. The molecule has 1 N–H and O–H groups in total. The summed E-state index contributed by atoms with van der Waals surface area (Å²) in [5.41, 5.74) is 4.40. The largest absolute Gasteiger partial charge is 0.310 e. The number of aryl methyl sites for hydroxylation is 1. The minimum Gasteiger partial charge on any atom is -0.310 e. The normalized spacial score (nSPS) is 14.2. The van der Waals surface area contributed by atoms with Crippen LogP contribution in [-0.2, 0) is 0 Å². The van der Waals surface area contributed by atoms with Gasteiger partial charge in [-0.1, -0.05) is 58.2 Å². The van der Waals surface area contributed by atoms with Crippen molar-refractivity contribution in [3.8, 4) is 0 Å². The quantitative estimate of drug-likeness (QED) is 0.622. The molecule has 1 rings (SSSR count). The molecule has 0 heterocycles. The van der Waals surface area contributed by atoms with E-state index >= 15 is 0 Å². The van der Waals surface area contributed by atoms with Crippen molar-refractivity contribution in [1.29, 1.82) is 0 Å². The molecule has 20 heavy (non-hydrogen) atoms. The Hall–Kier alpha value is -0.820. The molecule has 0 aliphatic rings. The van der Waals surface area contributed by atoms with Crippen LogP contribution >= 0.6 is 0 Å². The van der Waals surface area contributed by atoms with Crippen molar-refractivity contribution in [3.63, 3.8) is 0 Å². The molecule has 1 aromatic carbocycles. The lowest BCUT2D eigenvalue weighted by molar-refractivity contribution is 0.322. The van der Waals surface area contributed by atoms with Gasteiger partial charge in [-0.15, -0.1) is 0 Å². The zero-order valence-corrected chi connectivity index (χ0v) is 14.1. The highest BCUT2D eigenvalue weighted by molar-refractivity contribution is 5.35. The highest BCUT2D eigenvalue weighted by Crippen LogP contribution is 2.31. The first kappa shape index (κ1) is 17.2. The Kier molecular flexibility index (Phi) is 7.91. The fourth-order valence-electron chi connectivity index (χ4n) is 3.01. The third-order valence-electron chi connectivity index (χ3n) is 4.52. The van der Waals surface area contributed by atoms with Crippen molar-refractivity contribution in [2.75, 3.05) is 6.54 Å². The topological polar surface area (TPSA) is 12.0 Å². The highest BCUT2D eigenvalue weighted by atomic mass is 14.9. The first-order chi connectivity index (χ1) is 9.65. The Balaban J connectivity index is 2.99. The van der Waals surface area contributed by atoms with Gasteiger partial charge in [0.1, 0.15) is 0 Å². The number of rotatable bonds is 9. The SMILES string of the molecule is CCCCC(CC)C(NCCC)c1cccc(C)c1C. The van der Waals surface area contributed by atoms with Crippen LogP contribution in [0.5, 0.6) is 0 Å². The van der Waals surface area contributed by atoms with E-state index in [1.807, 2.05) is 0 Å². The maximum absolute atomic E-state index is 3.81. The van der Waals surface area contributed by atoms with E-state index < -0.39 is 0 Å². The van der Waals surface area contributed by atoms with Gasteiger partial charge in [0.2, 0.25) is 0 Å². The van der Waals surface area contributed by atoms with Crippen LogP contribution in [0.15, 0.2) is 18.2 Å². The van der Waals surface area contributed by atoms with E-state index in [2.05, 4.69) is 58.1 Å². The van der Waals surface area contributed by atoms with Crippen molar-refractivity contribution in [2.24, 2.45) is 5.92 Å². The molecule has 2 atom stereocenters. The predicted molar refractivity (Wildman–Crippen MR) is 90.3 cm³/mol. The van der Waals surface area contributed by atoms with Gasteiger partial charge in [-0.3, -0.25) is 0 Å². The predicted octanol–water partition coefficient (Wildman–Crippen LogP) is 5.56. The Bertz CT molecular complexity index is 383. The summed E-state index contributed by atoms with van der Waals surface area (Å²) in [4.78, 5) is 0. The van der Waals surface area contributed by atoms with Gasteiger partial charge in [0.05, 0.1) is 0 Å². The molecule has 0 aliphatic carbocycles. The van der Waals surface area contributed by atoms with Crippen LogP contribution in [0.25, 0.3) is 0 Å². The molecule has 114 valence electrons. The fraction of sp³-hybridized carbons (Fsp3) is 0.684. The number of nitrogens with one attached hydrogen (secondary N) is 1. The van der Waals surface area contributed by atoms with Gasteiger partial charge in [0, 0.05) is 6.04 Å². The van der Waals surface area contributed by atoms with Crippen LogP contribution in [0.2, 0.25) is 0 Å². The van der Waals surface area contributed by atoms with Crippen LogP contribution in [0, 0.1) is 19.8 Å². The summed E-state index contributed by atoms with van der Waals surface area (Å²) in [6, 6.07) is 7.28. The lowest BCUT2D eigenvalue weighted by Crippen LogP contribution is -2.29. The van der Waals surface area contributed by atoms with E-state index in [4.69, 9.17) is 0 Å². The number of hydrogen-bond donors (Lipinski definition) is 1. The average molecular weight is 275 g/mol. The summed E-state index contributed by atoms with van der Waals surface area (Å²) < 4.78 is 0. The third kappa shape index (κ3) is 4.63. The highest BCUT2D eigenvalue weighted by Gasteiger charge is 2.22. The van der Waals surface area contributed by atoms with Gasteiger partial charge in [-0.25, -0.2) is 0 Å². The van der Waals surface area contributed by atoms with E-state index in [9.17, 15) is 0 Å². The second kappa shape index (κ2) is 9.18. The molecule has 1 aromatic rings. The first-order valence-corrected chi connectivity index (χ1v) is 8.45. The molecule has 2 unspecified atom stereocenters. The molecule has 0 radical (unpaired) electrons. The van der Waals surface area contributed by atoms with Gasteiger partial charge in [-0.05, 0) is 55.8 Å². The standard InChI is InChI=1S/C19H33N/c1-6-9-12-17(8-3)19(20-14-7-2)18-13-10-11-15(4)16(18)5/h10-11,13,17,19-20H,6-9,12,14H2,1-5H3. The fourth-order valence-corrected chi connectivity index (χ4v) is 3.01. The molecule has 1 heteroatoms. The van der Waals surface area contributed by atoms with Crippen molar-refractivity contribution >= 4 is 0 Å². The molecule has 1 nitrogen and oxygen atoms in total. The Labute approximate surface area is 126 Å². The van der Waals surface area contributed by atoms with Crippen LogP contribution < -0.4 is 5.32 Å². The van der Waals surface area contributed by atoms with E-state index in [-0.39, 0.29) is 0 Å². The summed E-state index contributed by atoms with van der Waals surface area (Å²) in [6.07, 6.45) is 6.43. The Morgan fingerprint density at radius 1 is 1.05 bits per heavy atom. The summed E-state index contributed by atoms with van der Waals surface area (Å²) in [5.74, 6) is 0.752. The molecule has 0 saturated heterocycles. The van der Waals surface area contributed by atoms with E-state index in [1.165, 1.54) is 48.8 Å². The summed E-state index contributed by atoms with van der Waals surface area (Å²) in [5, 5.41) is 3.81. The van der Waals surface area contributed by atoms with E-state index in [1.54, 1.807) is 0 Å². The van der Waals surface area contributed by atoms with Crippen LogP contribution in [-0.4, -0.2) is 6.54 Å². The van der Waals surface area contributed by atoms with Gasteiger partial charge >= 0.3 is 0 Å². The molecular weight excluding hydrogens is 242 g/mol. The van der Waals surface area contributed by atoms with E-state index in [0.717, 1.165) is 12.5 Å². The molecule has 0 aromatic heterocycles. The minimum atomic E-state index is 0.520. The lowest BCUT2D eigenvalue weighted by atomic mass is 9.84. The number of hydrogen-bond acceptors (Lipinski definition) is 1. The Morgan fingerprint density at radius 2 is 1.80 bits per heavy atom. The van der Waals surface area contributed by atoms with Crippen molar-refractivity contribution in [2.45, 2.75) is 72.8 Å². The monoisotopic (exact) mass is 275 g/mol. The second-order valence-corrected chi connectivity index (χ2v) is 6.03. The van der Waals surface area contributed by atoms with Gasteiger partial charge in [0.25, 0.3) is 0 Å². The van der Waals surface area contributed by atoms with Crippen molar-refractivity contribution in [1.82, 2.24) is 5.32 Å². The third-order valence-corrected chi connectivity index (χ3v) is 4.52. The smallest absolute Gasteiger partial charge is 0.0351 e. The van der Waals surface area contributed by atoms with Gasteiger partial charge in [0.15, 0.2) is 0 Å². The van der Waals surface area contributed by atoms with Gasteiger partial charge < -0.3 is 5.32 Å². The lowest BCUT2D eigenvalue weighted by Gasteiger charge is -2.29. The molecule has 0 saturated carbocycles. The zero-order valence-electron chi connectivity index (χ0n) is 14.1. The van der Waals surface area contributed by atoms with E-state index in [0.29, 0.717) is 6.04 Å². The summed E-state index contributed by atoms with van der Waals surface area (Å²) in [6.45, 7) is 12.5. The first-order valence-electron chi connectivity index (χ1n) is 8.45. The van der Waals surface area contributed by atoms with Crippen molar-refractivity contribution < 1.29 is 0 Å². The second-order valence-electron chi connectivity index (χ2n) is 6.03. The van der Waals surface area contributed by atoms with Crippen LogP contribution in [0.4, 0.5) is 0 Å². The van der Waals surface area contributed by atoms with Crippen LogP contribution in [0.1, 0.15) is 75.6 Å². The summed E-state index contributed by atoms with van der Waals surface area (Å²) >= 11 is 0. The van der Waals surface area contributed by atoms with Crippen molar-refractivity contribution in [3.05, 3.63) is 34.9 Å². The van der Waals surface area contributed by atoms with Crippen LogP contribution in [0.3, 0.4) is 0 Å². The molecule has 0 bridgehead atoms. The molecule has 0 aliphatic heterocycles. The average Bonchev–Trinajstić information content (AvgIpc) is 2.46. The minimum absolute atomic E-state index is 0.520. The Morgan fingerprint density at radius 3 is 2.40 bits per heavy atom. The summed E-state index contributed by atoms with van der Waals surface area (Å²) in [7, 11) is 0. The maximum atomic E-state index is 3.81.